The Balaban J connectivity index is 1.34. The molecule has 1 amide bonds. The fourth-order valence-corrected chi connectivity index (χ4v) is 3.70. The lowest BCUT2D eigenvalue weighted by atomic mass is 9.99. The molecule has 0 saturated carbocycles. The molecule has 128 valence electrons. The summed E-state index contributed by atoms with van der Waals surface area (Å²) in [5.74, 6) is 0.0840. The number of aromatic nitrogens is 2. The summed E-state index contributed by atoms with van der Waals surface area (Å²) in [7, 11) is 0. The van der Waals surface area contributed by atoms with Crippen molar-refractivity contribution in [3.8, 4) is 0 Å². The lowest BCUT2D eigenvalue weighted by molar-refractivity contribution is -0.121. The van der Waals surface area contributed by atoms with E-state index in [2.05, 4.69) is 21.5 Å². The van der Waals surface area contributed by atoms with Crippen molar-refractivity contribution >= 4 is 5.91 Å². The second-order valence-electron chi connectivity index (χ2n) is 6.97. The number of rotatable bonds is 6. The van der Waals surface area contributed by atoms with Crippen LogP contribution in [0.3, 0.4) is 0 Å². The average Bonchev–Trinajstić information content (AvgIpc) is 2.77. The van der Waals surface area contributed by atoms with E-state index in [0.29, 0.717) is 6.54 Å². The molecular formula is C18H30N4O. The number of carbonyl (C=O) groups excluding carboxylic acids is 1. The van der Waals surface area contributed by atoms with Crippen molar-refractivity contribution in [2.24, 2.45) is 0 Å². The van der Waals surface area contributed by atoms with Crippen LogP contribution in [0.25, 0.3) is 0 Å². The smallest absolute Gasteiger partial charge is 0.241 e. The summed E-state index contributed by atoms with van der Waals surface area (Å²) in [5, 5.41) is 7.59. The van der Waals surface area contributed by atoms with E-state index in [0.717, 1.165) is 32.4 Å². The van der Waals surface area contributed by atoms with Gasteiger partial charge in [-0.1, -0.05) is 12.8 Å². The largest absolute Gasteiger partial charge is 0.354 e. The first kappa shape index (κ1) is 16.5. The van der Waals surface area contributed by atoms with Crippen LogP contribution in [-0.4, -0.2) is 46.8 Å². The third kappa shape index (κ3) is 5.06. The van der Waals surface area contributed by atoms with Crippen molar-refractivity contribution in [2.75, 3.05) is 26.2 Å². The number of nitrogens with one attached hydrogen (secondary N) is 1. The molecule has 0 unspecified atom stereocenters. The van der Waals surface area contributed by atoms with Crippen molar-refractivity contribution in [1.29, 1.82) is 0 Å². The Morgan fingerprint density at radius 2 is 1.87 bits per heavy atom. The van der Waals surface area contributed by atoms with Crippen LogP contribution in [0.15, 0.2) is 6.20 Å². The molecule has 5 heteroatoms. The van der Waals surface area contributed by atoms with Crippen LogP contribution in [0.2, 0.25) is 0 Å². The minimum atomic E-state index is 0.0840. The molecule has 1 fully saturated rings. The van der Waals surface area contributed by atoms with Gasteiger partial charge in [0.05, 0.1) is 5.69 Å². The van der Waals surface area contributed by atoms with Crippen LogP contribution in [0.5, 0.6) is 0 Å². The minimum Gasteiger partial charge on any atom is -0.354 e. The van der Waals surface area contributed by atoms with Gasteiger partial charge in [0.1, 0.15) is 6.54 Å². The molecule has 1 aliphatic carbocycles. The minimum absolute atomic E-state index is 0.0840. The highest BCUT2D eigenvalue weighted by atomic mass is 16.2. The van der Waals surface area contributed by atoms with Gasteiger partial charge in [0.15, 0.2) is 0 Å². The molecule has 2 heterocycles. The second kappa shape index (κ2) is 8.48. The van der Waals surface area contributed by atoms with E-state index in [4.69, 9.17) is 0 Å². The van der Waals surface area contributed by atoms with Crippen LogP contribution >= 0.6 is 0 Å². The van der Waals surface area contributed by atoms with Crippen molar-refractivity contribution in [3.05, 3.63) is 17.5 Å². The monoisotopic (exact) mass is 318 g/mol. The van der Waals surface area contributed by atoms with E-state index in [1.807, 2.05) is 4.68 Å². The van der Waals surface area contributed by atoms with E-state index in [1.165, 1.54) is 62.9 Å². The molecule has 0 aromatic carbocycles. The topological polar surface area (TPSA) is 50.2 Å². The molecule has 0 atom stereocenters. The van der Waals surface area contributed by atoms with Gasteiger partial charge in [-0.2, -0.15) is 5.10 Å². The first-order valence-electron chi connectivity index (χ1n) is 9.35. The fourth-order valence-electron chi connectivity index (χ4n) is 3.70. The van der Waals surface area contributed by atoms with Gasteiger partial charge in [-0.25, -0.2) is 0 Å². The normalized spacial score (nSPS) is 19.1. The van der Waals surface area contributed by atoms with Crippen LogP contribution in [0.4, 0.5) is 0 Å². The maximum absolute atomic E-state index is 12.0. The summed E-state index contributed by atoms with van der Waals surface area (Å²) < 4.78 is 1.82. The molecule has 0 spiro atoms. The maximum atomic E-state index is 12.0. The molecule has 1 aromatic rings. The highest BCUT2D eigenvalue weighted by Crippen LogP contribution is 2.19. The highest BCUT2D eigenvalue weighted by Gasteiger charge is 2.14. The Bertz CT molecular complexity index is 480. The summed E-state index contributed by atoms with van der Waals surface area (Å²) >= 11 is 0. The van der Waals surface area contributed by atoms with Crippen LogP contribution in [0.1, 0.15) is 56.2 Å². The Morgan fingerprint density at radius 3 is 2.65 bits per heavy atom. The van der Waals surface area contributed by atoms with E-state index in [-0.39, 0.29) is 5.91 Å². The van der Waals surface area contributed by atoms with Gasteiger partial charge in [-0.05, 0) is 70.1 Å². The second-order valence-corrected chi connectivity index (χ2v) is 6.97. The third-order valence-corrected chi connectivity index (χ3v) is 5.01. The zero-order chi connectivity index (χ0) is 15.9. The quantitative estimate of drug-likeness (QED) is 0.818. The summed E-state index contributed by atoms with van der Waals surface area (Å²) in [6.07, 6.45) is 13.2. The number of carbonyl (C=O) groups is 1. The van der Waals surface area contributed by atoms with Gasteiger partial charge in [0, 0.05) is 12.7 Å². The molecule has 1 N–H and O–H groups in total. The Kier molecular flexibility index (Phi) is 6.08. The Morgan fingerprint density at radius 1 is 1.09 bits per heavy atom. The van der Waals surface area contributed by atoms with Crippen molar-refractivity contribution in [2.45, 2.75) is 64.3 Å². The van der Waals surface area contributed by atoms with Crippen molar-refractivity contribution < 1.29 is 4.79 Å². The maximum Gasteiger partial charge on any atom is 0.241 e. The molecule has 1 aliphatic heterocycles. The lowest BCUT2D eigenvalue weighted by Gasteiger charge is -2.19. The molecular weight excluding hydrogens is 288 g/mol. The number of nitrogens with zero attached hydrogens (tertiary/aromatic N) is 3. The van der Waals surface area contributed by atoms with E-state index < -0.39 is 0 Å². The molecule has 2 aliphatic rings. The first-order valence-corrected chi connectivity index (χ1v) is 9.35. The van der Waals surface area contributed by atoms with Crippen LogP contribution in [-0.2, 0) is 24.2 Å². The summed E-state index contributed by atoms with van der Waals surface area (Å²) in [6.45, 7) is 4.70. The van der Waals surface area contributed by atoms with E-state index >= 15 is 0 Å². The first-order chi connectivity index (χ1) is 11.3. The number of likely N-dealkylation sites (tertiary alicyclic amines) is 1. The lowest BCUT2D eigenvalue weighted by Crippen LogP contribution is -2.32. The third-order valence-electron chi connectivity index (χ3n) is 5.01. The number of amides is 1. The number of hydrogen-bond donors (Lipinski definition) is 1. The Hall–Kier alpha value is -1.36. The van der Waals surface area contributed by atoms with Gasteiger partial charge in [0.25, 0.3) is 0 Å². The SMILES string of the molecule is O=C(Cn1cc2c(n1)CCCC2)NCCCN1CCCCCC1. The van der Waals surface area contributed by atoms with Gasteiger partial charge in [-0.15, -0.1) is 0 Å². The van der Waals surface area contributed by atoms with Crippen molar-refractivity contribution in [3.63, 3.8) is 0 Å². The molecule has 5 nitrogen and oxygen atoms in total. The van der Waals surface area contributed by atoms with Gasteiger partial charge < -0.3 is 10.2 Å². The molecule has 0 bridgehead atoms. The predicted octanol–water partition coefficient (Wildman–Crippen LogP) is 2.14. The van der Waals surface area contributed by atoms with Gasteiger partial charge in [0.2, 0.25) is 5.91 Å². The number of hydrogen-bond acceptors (Lipinski definition) is 3. The summed E-state index contributed by atoms with van der Waals surface area (Å²) in [6, 6.07) is 0. The molecule has 3 rings (SSSR count). The highest BCUT2D eigenvalue weighted by molar-refractivity contribution is 5.75. The van der Waals surface area contributed by atoms with E-state index in [1.54, 1.807) is 0 Å². The number of fused-ring (bicyclic) bond motifs is 1. The standard InChI is InChI=1S/C18H30N4O/c23-18(15-22-14-16-8-3-4-9-17(16)20-22)19-10-7-13-21-11-5-1-2-6-12-21/h14H,1-13,15H2,(H,19,23). The Labute approximate surface area is 139 Å². The summed E-state index contributed by atoms with van der Waals surface area (Å²) in [4.78, 5) is 14.6. The zero-order valence-electron chi connectivity index (χ0n) is 14.2. The van der Waals surface area contributed by atoms with Crippen LogP contribution in [0, 0.1) is 0 Å². The van der Waals surface area contributed by atoms with Gasteiger partial charge in [-0.3, -0.25) is 9.48 Å². The zero-order valence-corrected chi connectivity index (χ0v) is 14.2. The van der Waals surface area contributed by atoms with E-state index in [9.17, 15) is 4.79 Å². The van der Waals surface area contributed by atoms with Crippen LogP contribution < -0.4 is 5.32 Å². The van der Waals surface area contributed by atoms with Crippen molar-refractivity contribution in [1.82, 2.24) is 20.0 Å². The summed E-state index contributed by atoms with van der Waals surface area (Å²) in [5.41, 5.74) is 2.54. The molecule has 0 radical (unpaired) electrons. The molecule has 23 heavy (non-hydrogen) atoms. The predicted molar refractivity (Wildman–Crippen MR) is 91.4 cm³/mol. The average molecular weight is 318 g/mol. The number of aryl methyl sites for hydroxylation is 2. The fraction of sp³-hybridized carbons (Fsp3) is 0.778. The molecule has 1 aromatic heterocycles. The van der Waals surface area contributed by atoms with Gasteiger partial charge >= 0.3 is 0 Å². The molecule has 1 saturated heterocycles.